The van der Waals surface area contributed by atoms with Gasteiger partial charge < -0.3 is 10.1 Å². The van der Waals surface area contributed by atoms with Crippen molar-refractivity contribution in [3.8, 4) is 5.75 Å². The van der Waals surface area contributed by atoms with E-state index in [2.05, 4.69) is 38.0 Å². The van der Waals surface area contributed by atoms with E-state index in [1.54, 1.807) is 6.20 Å². The zero-order valence-electron chi connectivity index (χ0n) is 10.7. The Labute approximate surface area is 98.2 Å². The minimum Gasteiger partial charge on any atom is -0.491 e. The standard InChI is InChI=1S/C13H22N2O/c1-5-14-13-9-12(6-7-15-13)16-11(4)8-10(2)3/h6-7,9-11H,5,8H2,1-4H3,(H,14,15). The topological polar surface area (TPSA) is 34.1 Å². The predicted octanol–water partition coefficient (Wildman–Crippen LogP) is 3.33. The van der Waals surface area contributed by atoms with Crippen LogP contribution in [0.1, 0.15) is 34.1 Å². The van der Waals surface area contributed by atoms with Crippen LogP contribution in [-0.4, -0.2) is 17.6 Å². The van der Waals surface area contributed by atoms with Crippen LogP contribution in [0.5, 0.6) is 5.75 Å². The van der Waals surface area contributed by atoms with Crippen LogP contribution in [0.4, 0.5) is 5.82 Å². The molecule has 1 aromatic heterocycles. The molecule has 0 amide bonds. The smallest absolute Gasteiger partial charge is 0.129 e. The van der Waals surface area contributed by atoms with E-state index in [1.807, 2.05) is 12.1 Å². The molecule has 0 bridgehead atoms. The number of rotatable bonds is 6. The first-order valence-electron chi connectivity index (χ1n) is 5.98. The molecule has 0 fully saturated rings. The molecular weight excluding hydrogens is 200 g/mol. The van der Waals surface area contributed by atoms with Crippen LogP contribution in [0.15, 0.2) is 18.3 Å². The lowest BCUT2D eigenvalue weighted by molar-refractivity contribution is 0.193. The van der Waals surface area contributed by atoms with Crippen molar-refractivity contribution in [1.82, 2.24) is 4.98 Å². The molecule has 1 heterocycles. The van der Waals surface area contributed by atoms with E-state index in [9.17, 15) is 0 Å². The normalized spacial score (nSPS) is 12.6. The van der Waals surface area contributed by atoms with Gasteiger partial charge in [0.15, 0.2) is 0 Å². The van der Waals surface area contributed by atoms with Gasteiger partial charge in [-0.2, -0.15) is 0 Å². The highest BCUT2D eigenvalue weighted by Gasteiger charge is 2.07. The Kier molecular flexibility index (Phi) is 5.09. The average Bonchev–Trinajstić information content (AvgIpc) is 2.17. The summed E-state index contributed by atoms with van der Waals surface area (Å²) in [4.78, 5) is 4.21. The van der Waals surface area contributed by atoms with E-state index in [-0.39, 0.29) is 6.10 Å². The van der Waals surface area contributed by atoms with Crippen LogP contribution in [-0.2, 0) is 0 Å². The van der Waals surface area contributed by atoms with Gasteiger partial charge in [-0.3, -0.25) is 0 Å². The molecule has 1 aromatic rings. The molecule has 1 rings (SSSR count). The molecule has 0 spiro atoms. The molecule has 0 aromatic carbocycles. The first-order valence-corrected chi connectivity index (χ1v) is 5.98. The number of nitrogens with one attached hydrogen (secondary N) is 1. The lowest BCUT2D eigenvalue weighted by Crippen LogP contribution is -2.14. The van der Waals surface area contributed by atoms with Gasteiger partial charge in [0.2, 0.25) is 0 Å². The van der Waals surface area contributed by atoms with Gasteiger partial charge >= 0.3 is 0 Å². The number of ether oxygens (including phenoxy) is 1. The number of hydrogen-bond acceptors (Lipinski definition) is 3. The Morgan fingerprint density at radius 3 is 2.75 bits per heavy atom. The summed E-state index contributed by atoms with van der Waals surface area (Å²) in [5.41, 5.74) is 0. The largest absolute Gasteiger partial charge is 0.491 e. The molecule has 0 saturated heterocycles. The Bertz CT molecular complexity index is 313. The minimum atomic E-state index is 0.247. The van der Waals surface area contributed by atoms with E-state index in [0.29, 0.717) is 5.92 Å². The lowest BCUT2D eigenvalue weighted by Gasteiger charge is -2.16. The van der Waals surface area contributed by atoms with Gasteiger partial charge in [0.25, 0.3) is 0 Å². The van der Waals surface area contributed by atoms with E-state index in [4.69, 9.17) is 4.74 Å². The fraction of sp³-hybridized carbons (Fsp3) is 0.615. The van der Waals surface area contributed by atoms with Gasteiger partial charge in [-0.05, 0) is 32.3 Å². The summed E-state index contributed by atoms with van der Waals surface area (Å²) >= 11 is 0. The highest BCUT2D eigenvalue weighted by Crippen LogP contribution is 2.18. The van der Waals surface area contributed by atoms with Crippen molar-refractivity contribution >= 4 is 5.82 Å². The molecule has 0 aliphatic rings. The van der Waals surface area contributed by atoms with Crippen LogP contribution < -0.4 is 10.1 Å². The van der Waals surface area contributed by atoms with Crippen molar-refractivity contribution in [3.63, 3.8) is 0 Å². The summed E-state index contributed by atoms with van der Waals surface area (Å²) in [7, 11) is 0. The van der Waals surface area contributed by atoms with Gasteiger partial charge in [0.05, 0.1) is 6.10 Å². The van der Waals surface area contributed by atoms with Crippen molar-refractivity contribution < 1.29 is 4.74 Å². The third kappa shape index (κ3) is 4.51. The van der Waals surface area contributed by atoms with E-state index < -0.39 is 0 Å². The number of aromatic nitrogens is 1. The molecule has 1 unspecified atom stereocenters. The summed E-state index contributed by atoms with van der Waals surface area (Å²) in [6.45, 7) is 9.44. The Balaban J connectivity index is 2.55. The van der Waals surface area contributed by atoms with Gasteiger partial charge in [-0.15, -0.1) is 0 Å². The second kappa shape index (κ2) is 6.36. The Morgan fingerprint density at radius 1 is 1.38 bits per heavy atom. The Hall–Kier alpha value is -1.25. The van der Waals surface area contributed by atoms with Crippen LogP contribution in [0, 0.1) is 5.92 Å². The van der Waals surface area contributed by atoms with Crippen LogP contribution in [0.25, 0.3) is 0 Å². The summed E-state index contributed by atoms with van der Waals surface area (Å²) < 4.78 is 5.83. The Morgan fingerprint density at radius 2 is 2.12 bits per heavy atom. The highest BCUT2D eigenvalue weighted by atomic mass is 16.5. The fourth-order valence-corrected chi connectivity index (χ4v) is 1.71. The van der Waals surface area contributed by atoms with Crippen LogP contribution in [0.3, 0.4) is 0 Å². The zero-order chi connectivity index (χ0) is 12.0. The molecule has 0 radical (unpaired) electrons. The summed E-state index contributed by atoms with van der Waals surface area (Å²) in [5, 5.41) is 3.17. The highest BCUT2D eigenvalue weighted by molar-refractivity contribution is 5.40. The molecule has 0 saturated carbocycles. The van der Waals surface area contributed by atoms with E-state index in [0.717, 1.165) is 24.5 Å². The monoisotopic (exact) mass is 222 g/mol. The molecule has 1 N–H and O–H groups in total. The van der Waals surface area contributed by atoms with Gasteiger partial charge in [0.1, 0.15) is 11.6 Å². The minimum absolute atomic E-state index is 0.247. The number of pyridine rings is 1. The SMILES string of the molecule is CCNc1cc(OC(C)CC(C)C)ccn1. The number of nitrogens with zero attached hydrogens (tertiary/aromatic N) is 1. The molecule has 16 heavy (non-hydrogen) atoms. The maximum absolute atomic E-state index is 5.83. The third-order valence-electron chi connectivity index (χ3n) is 2.23. The zero-order valence-corrected chi connectivity index (χ0v) is 10.7. The fourth-order valence-electron chi connectivity index (χ4n) is 1.71. The van der Waals surface area contributed by atoms with Crippen molar-refractivity contribution in [1.29, 1.82) is 0 Å². The summed E-state index contributed by atoms with van der Waals surface area (Å²) in [6.07, 6.45) is 3.09. The second-order valence-electron chi connectivity index (χ2n) is 4.47. The van der Waals surface area contributed by atoms with Crippen LogP contribution in [0.2, 0.25) is 0 Å². The van der Waals surface area contributed by atoms with Gasteiger partial charge in [-0.1, -0.05) is 13.8 Å². The van der Waals surface area contributed by atoms with Crippen LogP contribution >= 0.6 is 0 Å². The predicted molar refractivity (Wildman–Crippen MR) is 67.9 cm³/mol. The second-order valence-corrected chi connectivity index (χ2v) is 4.47. The van der Waals surface area contributed by atoms with E-state index >= 15 is 0 Å². The first-order chi connectivity index (χ1) is 7.61. The number of hydrogen-bond donors (Lipinski definition) is 1. The van der Waals surface area contributed by atoms with Gasteiger partial charge in [0, 0.05) is 18.8 Å². The maximum Gasteiger partial charge on any atom is 0.129 e. The molecule has 3 nitrogen and oxygen atoms in total. The quantitative estimate of drug-likeness (QED) is 0.801. The summed E-state index contributed by atoms with van der Waals surface area (Å²) in [6, 6.07) is 3.85. The lowest BCUT2D eigenvalue weighted by atomic mass is 10.1. The van der Waals surface area contributed by atoms with Crippen molar-refractivity contribution in [2.75, 3.05) is 11.9 Å². The molecule has 1 atom stereocenters. The summed E-state index contributed by atoms with van der Waals surface area (Å²) in [5.74, 6) is 2.42. The molecule has 0 aliphatic carbocycles. The third-order valence-corrected chi connectivity index (χ3v) is 2.23. The van der Waals surface area contributed by atoms with E-state index in [1.165, 1.54) is 0 Å². The van der Waals surface area contributed by atoms with Gasteiger partial charge in [-0.25, -0.2) is 4.98 Å². The number of anilines is 1. The molecule has 90 valence electrons. The maximum atomic E-state index is 5.83. The van der Waals surface area contributed by atoms with Crippen molar-refractivity contribution in [3.05, 3.63) is 18.3 Å². The first kappa shape index (κ1) is 12.8. The van der Waals surface area contributed by atoms with Crippen molar-refractivity contribution in [2.24, 2.45) is 5.92 Å². The van der Waals surface area contributed by atoms with Crippen molar-refractivity contribution in [2.45, 2.75) is 40.2 Å². The average molecular weight is 222 g/mol. The molecular formula is C13H22N2O. The molecule has 3 heteroatoms. The molecule has 0 aliphatic heterocycles.